The largest absolute Gasteiger partial charge is 0.390 e. The zero-order chi connectivity index (χ0) is 8.88. The van der Waals surface area contributed by atoms with Crippen molar-refractivity contribution in [1.82, 2.24) is 0 Å². The molecule has 0 aliphatic heterocycles. The second-order valence-corrected chi connectivity index (χ2v) is 3.50. The first-order valence-electron chi connectivity index (χ1n) is 4.03. The van der Waals surface area contributed by atoms with Crippen LogP contribution in [-0.4, -0.2) is 44.8 Å². The first kappa shape index (κ1) is 8.19. The summed E-state index contributed by atoms with van der Waals surface area (Å²) in [7, 11) is 0. The molecule has 0 aromatic rings. The van der Waals surface area contributed by atoms with Gasteiger partial charge in [-0.2, -0.15) is 0 Å². The van der Waals surface area contributed by atoms with Crippen LogP contribution in [0.4, 0.5) is 0 Å². The van der Waals surface area contributed by atoms with E-state index in [-0.39, 0.29) is 11.8 Å². The van der Waals surface area contributed by atoms with E-state index < -0.39 is 24.4 Å². The van der Waals surface area contributed by atoms with E-state index in [1.807, 2.05) is 0 Å². The molecule has 2 rings (SSSR count). The van der Waals surface area contributed by atoms with Crippen molar-refractivity contribution in [1.29, 1.82) is 0 Å². The van der Waals surface area contributed by atoms with Gasteiger partial charge in [0.1, 0.15) is 12.2 Å². The van der Waals surface area contributed by atoms with Crippen molar-refractivity contribution in [2.45, 2.75) is 24.4 Å². The Bertz CT molecular complexity index is 193. The Hall–Kier alpha value is -0.420. The van der Waals surface area contributed by atoms with Crippen LogP contribution < -0.4 is 0 Å². The predicted molar refractivity (Wildman–Crippen MR) is 40.1 cm³/mol. The summed E-state index contributed by atoms with van der Waals surface area (Å²) in [6, 6.07) is 0. The lowest BCUT2D eigenvalue weighted by molar-refractivity contribution is -0.171. The third-order valence-electron chi connectivity index (χ3n) is 2.84. The second kappa shape index (κ2) is 2.53. The van der Waals surface area contributed by atoms with E-state index in [0.717, 1.165) is 0 Å². The molecule has 4 nitrogen and oxygen atoms in total. The molecule has 0 radical (unpaired) electrons. The third-order valence-corrected chi connectivity index (χ3v) is 2.84. The smallest absolute Gasteiger partial charge is 0.109 e. The van der Waals surface area contributed by atoms with E-state index in [1.54, 1.807) is 12.2 Å². The fourth-order valence-corrected chi connectivity index (χ4v) is 1.91. The van der Waals surface area contributed by atoms with Crippen molar-refractivity contribution in [3.63, 3.8) is 0 Å². The van der Waals surface area contributed by atoms with Gasteiger partial charge >= 0.3 is 0 Å². The topological polar surface area (TPSA) is 80.9 Å². The Morgan fingerprint density at radius 3 is 1.17 bits per heavy atom. The van der Waals surface area contributed by atoms with Gasteiger partial charge in [0, 0.05) is 11.8 Å². The highest BCUT2D eigenvalue weighted by molar-refractivity contribution is 5.19. The van der Waals surface area contributed by atoms with E-state index in [0.29, 0.717) is 0 Å². The first-order chi connectivity index (χ1) is 5.63. The minimum atomic E-state index is -1.23. The summed E-state index contributed by atoms with van der Waals surface area (Å²) < 4.78 is 0. The molecule has 0 spiro atoms. The highest BCUT2D eigenvalue weighted by atomic mass is 16.4. The molecule has 0 saturated heterocycles. The maximum atomic E-state index is 9.38. The van der Waals surface area contributed by atoms with Crippen molar-refractivity contribution < 1.29 is 20.4 Å². The van der Waals surface area contributed by atoms with Crippen LogP contribution in [0.5, 0.6) is 0 Å². The molecule has 0 amide bonds. The predicted octanol–water partition coefficient (Wildman–Crippen LogP) is -1.75. The average molecular weight is 172 g/mol. The van der Waals surface area contributed by atoms with Crippen LogP contribution in [0.3, 0.4) is 0 Å². The number of aliphatic hydroxyl groups is 4. The van der Waals surface area contributed by atoms with Crippen molar-refractivity contribution >= 4 is 0 Å². The van der Waals surface area contributed by atoms with Crippen LogP contribution in [0.2, 0.25) is 0 Å². The lowest BCUT2D eigenvalue weighted by Gasteiger charge is -2.46. The number of aliphatic hydroxyl groups excluding tert-OH is 4. The Morgan fingerprint density at radius 1 is 0.583 bits per heavy atom. The summed E-state index contributed by atoms with van der Waals surface area (Å²) in [4.78, 5) is 0. The molecular formula is C8H12O4. The van der Waals surface area contributed by atoms with Crippen LogP contribution in [0.25, 0.3) is 0 Å². The van der Waals surface area contributed by atoms with Crippen LogP contribution in [-0.2, 0) is 0 Å². The molecular weight excluding hydrogens is 160 g/mol. The van der Waals surface area contributed by atoms with Gasteiger partial charge in [-0.3, -0.25) is 0 Å². The fourth-order valence-electron chi connectivity index (χ4n) is 1.91. The van der Waals surface area contributed by atoms with Gasteiger partial charge in [0.25, 0.3) is 0 Å². The van der Waals surface area contributed by atoms with Crippen molar-refractivity contribution in [2.24, 2.45) is 11.8 Å². The summed E-state index contributed by atoms with van der Waals surface area (Å²) in [5, 5.41) is 37.3. The number of fused-ring (bicyclic) bond motifs is 1. The summed E-state index contributed by atoms with van der Waals surface area (Å²) in [5.74, 6) is -0.392. The molecule has 4 N–H and O–H groups in total. The standard InChI is InChI=1S/C8H12O4/c9-5-3-1-2-4(3)6(10)8(12)7(5)11/h1-12H/t3-,4+,5+,6-,7+,8-. The Kier molecular flexibility index (Phi) is 1.73. The summed E-state index contributed by atoms with van der Waals surface area (Å²) >= 11 is 0. The molecule has 1 saturated carbocycles. The van der Waals surface area contributed by atoms with Gasteiger partial charge in [0.2, 0.25) is 0 Å². The number of hydrogen-bond acceptors (Lipinski definition) is 4. The van der Waals surface area contributed by atoms with Crippen LogP contribution in [0.1, 0.15) is 0 Å². The number of rotatable bonds is 0. The first-order valence-corrected chi connectivity index (χ1v) is 4.03. The molecule has 0 unspecified atom stereocenters. The Labute approximate surface area is 69.8 Å². The van der Waals surface area contributed by atoms with Gasteiger partial charge in [-0.05, 0) is 0 Å². The van der Waals surface area contributed by atoms with E-state index in [2.05, 4.69) is 0 Å². The molecule has 0 aromatic heterocycles. The molecule has 12 heavy (non-hydrogen) atoms. The zero-order valence-electron chi connectivity index (χ0n) is 6.41. The third kappa shape index (κ3) is 0.863. The molecule has 6 atom stereocenters. The van der Waals surface area contributed by atoms with Crippen LogP contribution >= 0.6 is 0 Å². The van der Waals surface area contributed by atoms with Gasteiger partial charge in [-0.1, -0.05) is 12.2 Å². The molecule has 0 heterocycles. The number of hydrogen-bond donors (Lipinski definition) is 4. The summed E-state index contributed by atoms with van der Waals surface area (Å²) in [6.45, 7) is 0. The van der Waals surface area contributed by atoms with E-state index in [1.165, 1.54) is 0 Å². The monoisotopic (exact) mass is 172 g/mol. The maximum Gasteiger partial charge on any atom is 0.109 e. The molecule has 2 aliphatic carbocycles. The van der Waals surface area contributed by atoms with Gasteiger partial charge < -0.3 is 20.4 Å². The Morgan fingerprint density at radius 2 is 0.917 bits per heavy atom. The van der Waals surface area contributed by atoms with Gasteiger partial charge in [0.05, 0.1) is 12.2 Å². The SMILES string of the molecule is O[C@@H]1[C@H](O)[C@H](O)[C@H]2C=C[C@H]2[C@@H]1O. The summed E-state index contributed by atoms with van der Waals surface area (Å²) in [5.41, 5.74) is 0. The minimum Gasteiger partial charge on any atom is -0.390 e. The van der Waals surface area contributed by atoms with Crippen molar-refractivity contribution in [2.75, 3.05) is 0 Å². The van der Waals surface area contributed by atoms with Crippen molar-refractivity contribution in [3.8, 4) is 0 Å². The highest BCUT2D eigenvalue weighted by Crippen LogP contribution is 2.39. The quantitative estimate of drug-likeness (QED) is 0.326. The normalized spacial score (nSPS) is 57.7. The van der Waals surface area contributed by atoms with Crippen LogP contribution in [0.15, 0.2) is 12.2 Å². The molecule has 2 aliphatic rings. The fraction of sp³-hybridized carbons (Fsp3) is 0.750. The molecule has 4 heteroatoms. The molecule has 0 aromatic carbocycles. The second-order valence-electron chi connectivity index (χ2n) is 3.50. The van der Waals surface area contributed by atoms with E-state index >= 15 is 0 Å². The van der Waals surface area contributed by atoms with E-state index in [9.17, 15) is 20.4 Å². The highest BCUT2D eigenvalue weighted by Gasteiger charge is 2.49. The zero-order valence-corrected chi connectivity index (χ0v) is 6.41. The van der Waals surface area contributed by atoms with Crippen molar-refractivity contribution in [3.05, 3.63) is 12.2 Å². The van der Waals surface area contributed by atoms with Gasteiger partial charge in [-0.25, -0.2) is 0 Å². The molecule has 68 valence electrons. The van der Waals surface area contributed by atoms with E-state index in [4.69, 9.17) is 0 Å². The lowest BCUT2D eigenvalue weighted by Crippen LogP contribution is -2.59. The lowest BCUT2D eigenvalue weighted by atomic mass is 9.66. The molecule has 1 fully saturated rings. The van der Waals surface area contributed by atoms with Gasteiger partial charge in [-0.15, -0.1) is 0 Å². The van der Waals surface area contributed by atoms with Gasteiger partial charge in [0.15, 0.2) is 0 Å². The average Bonchev–Trinajstić information content (AvgIpc) is 1.97. The summed E-state index contributed by atoms with van der Waals surface area (Å²) in [6.07, 6.45) is -0.865. The Balaban J connectivity index is 2.21. The maximum absolute atomic E-state index is 9.38. The minimum absolute atomic E-state index is 0.196. The molecule has 0 bridgehead atoms. The van der Waals surface area contributed by atoms with Crippen LogP contribution in [0, 0.1) is 11.8 Å².